The summed E-state index contributed by atoms with van der Waals surface area (Å²) in [7, 11) is 0. The molecule has 1 aromatic rings. The molecule has 2 atom stereocenters. The van der Waals surface area contributed by atoms with Crippen LogP contribution < -0.4 is 5.73 Å². The third-order valence-corrected chi connectivity index (χ3v) is 6.43. The van der Waals surface area contributed by atoms with Crippen LogP contribution in [0.2, 0.25) is 0 Å². The molecule has 2 heteroatoms. The lowest BCUT2D eigenvalue weighted by molar-refractivity contribution is 0.259. The van der Waals surface area contributed by atoms with Crippen molar-refractivity contribution in [2.75, 3.05) is 0 Å². The standard InChI is InChI=1S/C26H47N.ClH/c1-4-6-7-8-9-10-11-12-13-14-15-19-22-25(26(3,27)5-2)23-24-20-17-16-18-21-24;/h16-18,20-21,25H,4-15,19,22-23,27H2,1-3H3;1H. The first-order valence-corrected chi connectivity index (χ1v) is 11.9. The maximum atomic E-state index is 6.65. The lowest BCUT2D eigenvalue weighted by Crippen LogP contribution is -2.44. The summed E-state index contributed by atoms with van der Waals surface area (Å²) < 4.78 is 0. The van der Waals surface area contributed by atoms with Crippen LogP contribution in [0.5, 0.6) is 0 Å². The van der Waals surface area contributed by atoms with Crippen LogP contribution >= 0.6 is 12.4 Å². The van der Waals surface area contributed by atoms with Gasteiger partial charge in [0.1, 0.15) is 0 Å². The average Bonchev–Trinajstić information content (AvgIpc) is 2.68. The van der Waals surface area contributed by atoms with Gasteiger partial charge in [-0.2, -0.15) is 0 Å². The van der Waals surface area contributed by atoms with Gasteiger partial charge >= 0.3 is 0 Å². The topological polar surface area (TPSA) is 26.0 Å². The minimum Gasteiger partial charge on any atom is -0.325 e. The second kappa shape index (κ2) is 17.3. The summed E-state index contributed by atoms with van der Waals surface area (Å²) in [5.74, 6) is 0.591. The largest absolute Gasteiger partial charge is 0.325 e. The highest BCUT2D eigenvalue weighted by Gasteiger charge is 2.27. The Bertz CT molecular complexity index is 443. The highest BCUT2D eigenvalue weighted by atomic mass is 35.5. The summed E-state index contributed by atoms with van der Waals surface area (Å²) in [6.07, 6.45) is 20.4. The summed E-state index contributed by atoms with van der Waals surface area (Å²) >= 11 is 0. The Balaban J connectivity index is 0.00000729. The van der Waals surface area contributed by atoms with Gasteiger partial charge in [0.25, 0.3) is 0 Å². The van der Waals surface area contributed by atoms with Crippen molar-refractivity contribution in [2.45, 2.75) is 123 Å². The Morgan fingerprint density at radius 2 is 1.21 bits per heavy atom. The maximum absolute atomic E-state index is 6.65. The molecule has 1 aromatic carbocycles. The van der Waals surface area contributed by atoms with Gasteiger partial charge in [0.15, 0.2) is 0 Å². The molecule has 28 heavy (non-hydrogen) atoms. The number of rotatable bonds is 17. The van der Waals surface area contributed by atoms with Gasteiger partial charge in [0, 0.05) is 5.54 Å². The van der Waals surface area contributed by atoms with E-state index in [2.05, 4.69) is 51.1 Å². The molecule has 0 aliphatic carbocycles. The van der Waals surface area contributed by atoms with E-state index in [0.717, 1.165) is 12.8 Å². The van der Waals surface area contributed by atoms with E-state index < -0.39 is 0 Å². The summed E-state index contributed by atoms with van der Waals surface area (Å²) in [4.78, 5) is 0. The molecular formula is C26H48ClN. The number of hydrogen-bond donors (Lipinski definition) is 1. The van der Waals surface area contributed by atoms with Gasteiger partial charge in [-0.15, -0.1) is 12.4 Å². The monoisotopic (exact) mass is 409 g/mol. The van der Waals surface area contributed by atoms with Crippen LogP contribution in [0.4, 0.5) is 0 Å². The van der Waals surface area contributed by atoms with Crippen molar-refractivity contribution in [3.05, 3.63) is 35.9 Å². The zero-order chi connectivity index (χ0) is 19.8. The van der Waals surface area contributed by atoms with Crippen molar-refractivity contribution in [1.29, 1.82) is 0 Å². The Hall–Kier alpha value is -0.530. The minimum absolute atomic E-state index is 0. The molecule has 0 saturated heterocycles. The van der Waals surface area contributed by atoms with Crippen LogP contribution in [0.3, 0.4) is 0 Å². The molecule has 164 valence electrons. The predicted molar refractivity (Wildman–Crippen MR) is 129 cm³/mol. The van der Waals surface area contributed by atoms with E-state index in [0.29, 0.717) is 5.92 Å². The molecule has 2 N–H and O–H groups in total. The zero-order valence-electron chi connectivity index (χ0n) is 19.1. The molecule has 0 fully saturated rings. The van der Waals surface area contributed by atoms with Crippen LogP contribution in [-0.4, -0.2) is 5.54 Å². The Labute approximate surface area is 182 Å². The highest BCUT2D eigenvalue weighted by molar-refractivity contribution is 5.85. The number of hydrogen-bond acceptors (Lipinski definition) is 1. The maximum Gasteiger partial charge on any atom is 0.0154 e. The molecule has 2 unspecified atom stereocenters. The molecule has 0 aliphatic rings. The Morgan fingerprint density at radius 3 is 1.68 bits per heavy atom. The molecule has 0 radical (unpaired) electrons. The fourth-order valence-electron chi connectivity index (χ4n) is 4.08. The zero-order valence-corrected chi connectivity index (χ0v) is 19.9. The summed E-state index contributed by atoms with van der Waals surface area (Å²) in [5, 5.41) is 0. The smallest absolute Gasteiger partial charge is 0.0154 e. The molecule has 0 bridgehead atoms. The van der Waals surface area contributed by atoms with Gasteiger partial charge in [-0.1, -0.05) is 121 Å². The van der Waals surface area contributed by atoms with Crippen molar-refractivity contribution in [2.24, 2.45) is 11.7 Å². The summed E-state index contributed by atoms with van der Waals surface area (Å²) in [6, 6.07) is 10.9. The van der Waals surface area contributed by atoms with Crippen LogP contribution in [0.15, 0.2) is 30.3 Å². The SMILES string of the molecule is CCCCCCCCCCCCCCC(Cc1ccccc1)C(C)(N)CC.Cl. The van der Waals surface area contributed by atoms with Crippen molar-refractivity contribution in [3.8, 4) is 0 Å². The Morgan fingerprint density at radius 1 is 0.750 bits per heavy atom. The quantitative estimate of drug-likeness (QED) is 0.256. The number of nitrogens with two attached hydrogens (primary N) is 1. The van der Waals surface area contributed by atoms with E-state index in [-0.39, 0.29) is 17.9 Å². The van der Waals surface area contributed by atoms with Crippen LogP contribution in [0.1, 0.15) is 116 Å². The van der Waals surface area contributed by atoms with Crippen LogP contribution in [0, 0.1) is 5.92 Å². The molecule has 1 rings (SSSR count). The lowest BCUT2D eigenvalue weighted by atomic mass is 9.77. The van der Waals surface area contributed by atoms with Crippen molar-refractivity contribution in [1.82, 2.24) is 0 Å². The second-order valence-electron chi connectivity index (χ2n) is 8.92. The first kappa shape index (κ1) is 27.5. The van der Waals surface area contributed by atoms with E-state index in [9.17, 15) is 0 Å². The molecule has 0 aromatic heterocycles. The number of halogens is 1. The van der Waals surface area contributed by atoms with Gasteiger partial charge in [0.05, 0.1) is 0 Å². The minimum atomic E-state index is -0.0480. The second-order valence-corrected chi connectivity index (χ2v) is 8.92. The molecular weight excluding hydrogens is 362 g/mol. The van der Waals surface area contributed by atoms with E-state index >= 15 is 0 Å². The molecule has 0 aliphatic heterocycles. The van der Waals surface area contributed by atoms with Gasteiger partial charge in [-0.05, 0) is 37.7 Å². The van der Waals surface area contributed by atoms with Gasteiger partial charge in [-0.3, -0.25) is 0 Å². The molecule has 0 spiro atoms. The average molecular weight is 410 g/mol. The summed E-state index contributed by atoms with van der Waals surface area (Å²) in [5.41, 5.74) is 8.04. The molecule has 0 heterocycles. The first-order valence-electron chi connectivity index (χ1n) is 11.9. The Kier molecular flexibility index (Phi) is 17.0. The van der Waals surface area contributed by atoms with Crippen LogP contribution in [0.25, 0.3) is 0 Å². The third kappa shape index (κ3) is 12.8. The molecule has 1 nitrogen and oxygen atoms in total. The molecule has 0 amide bonds. The van der Waals surface area contributed by atoms with Gasteiger partial charge < -0.3 is 5.73 Å². The lowest BCUT2D eigenvalue weighted by Gasteiger charge is -2.34. The normalized spacial score (nSPS) is 14.3. The summed E-state index contributed by atoms with van der Waals surface area (Å²) in [6.45, 7) is 6.78. The highest BCUT2D eigenvalue weighted by Crippen LogP contribution is 2.28. The van der Waals surface area contributed by atoms with Gasteiger partial charge in [0.2, 0.25) is 0 Å². The first-order chi connectivity index (χ1) is 13.1. The fourth-order valence-corrected chi connectivity index (χ4v) is 4.08. The molecule has 0 saturated carbocycles. The third-order valence-electron chi connectivity index (χ3n) is 6.43. The van der Waals surface area contributed by atoms with E-state index in [1.54, 1.807) is 0 Å². The van der Waals surface area contributed by atoms with E-state index in [1.807, 2.05) is 0 Å². The van der Waals surface area contributed by atoms with Crippen LogP contribution in [-0.2, 0) is 6.42 Å². The van der Waals surface area contributed by atoms with Gasteiger partial charge in [-0.25, -0.2) is 0 Å². The fraction of sp³-hybridized carbons (Fsp3) is 0.769. The van der Waals surface area contributed by atoms with E-state index in [1.165, 1.54) is 89.0 Å². The van der Waals surface area contributed by atoms with Crippen molar-refractivity contribution >= 4 is 12.4 Å². The number of benzene rings is 1. The number of unbranched alkanes of at least 4 members (excludes halogenated alkanes) is 11. The van der Waals surface area contributed by atoms with Crippen molar-refractivity contribution < 1.29 is 0 Å². The van der Waals surface area contributed by atoms with Crippen molar-refractivity contribution in [3.63, 3.8) is 0 Å². The van der Waals surface area contributed by atoms with E-state index in [4.69, 9.17) is 5.73 Å². The predicted octanol–water partition coefficient (Wildman–Crippen LogP) is 8.49.